The minimum Gasteiger partial charge on any atom is -0.486 e. The first-order chi connectivity index (χ1) is 14.2. The minimum atomic E-state index is 0.0446. The lowest BCUT2D eigenvalue weighted by Gasteiger charge is -2.26. The molecule has 0 saturated carbocycles. The van der Waals surface area contributed by atoms with Crippen LogP contribution in [0.5, 0.6) is 11.5 Å². The predicted octanol–water partition coefficient (Wildman–Crippen LogP) is 3.15. The number of hydrogen-bond acceptors (Lipinski definition) is 5. The fourth-order valence-corrected chi connectivity index (χ4v) is 4.52. The molecule has 1 fully saturated rings. The standard InChI is InChI=1S/C23H25N3O3/c1-16-18(23(27)26-11-3-2-6-22(26)24-16)9-12-25-10-4-5-19(25)17-7-8-20-21(15-17)29-14-13-28-20/h2-3,6-8,11,15,19H,4-5,9-10,12-14H2,1H3/t19-/m1/s1. The number of rotatable bonds is 4. The molecule has 4 heterocycles. The van der Waals surface area contributed by atoms with E-state index >= 15 is 0 Å². The van der Waals surface area contributed by atoms with Gasteiger partial charge in [-0.15, -0.1) is 0 Å². The van der Waals surface area contributed by atoms with Gasteiger partial charge in [0.15, 0.2) is 11.5 Å². The molecule has 0 bridgehead atoms. The Morgan fingerprint density at radius 2 is 2.00 bits per heavy atom. The van der Waals surface area contributed by atoms with E-state index in [1.807, 2.05) is 31.2 Å². The van der Waals surface area contributed by atoms with Crippen molar-refractivity contribution in [1.82, 2.24) is 14.3 Å². The van der Waals surface area contributed by atoms with E-state index in [4.69, 9.17) is 9.47 Å². The van der Waals surface area contributed by atoms with E-state index in [9.17, 15) is 4.79 Å². The number of nitrogens with zero attached hydrogens (tertiary/aromatic N) is 3. The van der Waals surface area contributed by atoms with Crippen molar-refractivity contribution in [2.75, 3.05) is 26.3 Å². The number of fused-ring (bicyclic) bond motifs is 2. The zero-order valence-corrected chi connectivity index (χ0v) is 16.6. The molecule has 6 nitrogen and oxygen atoms in total. The third kappa shape index (κ3) is 3.38. The molecule has 0 amide bonds. The van der Waals surface area contributed by atoms with Crippen molar-refractivity contribution in [1.29, 1.82) is 0 Å². The first-order valence-corrected chi connectivity index (χ1v) is 10.3. The van der Waals surface area contributed by atoms with Crippen LogP contribution in [-0.2, 0) is 6.42 Å². The monoisotopic (exact) mass is 391 g/mol. The summed E-state index contributed by atoms with van der Waals surface area (Å²) >= 11 is 0. The Morgan fingerprint density at radius 3 is 2.90 bits per heavy atom. The van der Waals surface area contributed by atoms with Crippen molar-refractivity contribution >= 4 is 5.65 Å². The maximum Gasteiger partial charge on any atom is 0.261 e. The molecular formula is C23H25N3O3. The highest BCUT2D eigenvalue weighted by atomic mass is 16.6. The largest absolute Gasteiger partial charge is 0.486 e. The van der Waals surface area contributed by atoms with Gasteiger partial charge in [0.05, 0.1) is 0 Å². The lowest BCUT2D eigenvalue weighted by atomic mass is 10.0. The Hall–Kier alpha value is -2.86. The molecule has 29 heavy (non-hydrogen) atoms. The van der Waals surface area contributed by atoms with Gasteiger partial charge >= 0.3 is 0 Å². The second-order valence-corrected chi connectivity index (χ2v) is 7.76. The normalized spacial score (nSPS) is 19.0. The van der Waals surface area contributed by atoms with E-state index < -0.39 is 0 Å². The van der Waals surface area contributed by atoms with Gasteiger partial charge in [-0.05, 0) is 62.6 Å². The smallest absolute Gasteiger partial charge is 0.261 e. The highest BCUT2D eigenvalue weighted by Crippen LogP contribution is 2.38. The fraction of sp³-hybridized carbons (Fsp3) is 0.391. The van der Waals surface area contributed by atoms with Crippen molar-refractivity contribution in [3.63, 3.8) is 0 Å². The van der Waals surface area contributed by atoms with Gasteiger partial charge in [-0.3, -0.25) is 14.1 Å². The number of likely N-dealkylation sites (tertiary alicyclic amines) is 1. The van der Waals surface area contributed by atoms with E-state index in [-0.39, 0.29) is 5.56 Å². The topological polar surface area (TPSA) is 56.1 Å². The molecule has 6 heteroatoms. The lowest BCUT2D eigenvalue weighted by molar-refractivity contribution is 0.170. The summed E-state index contributed by atoms with van der Waals surface area (Å²) in [6.45, 7) is 5.03. The molecule has 0 spiro atoms. The second-order valence-electron chi connectivity index (χ2n) is 7.76. The lowest BCUT2D eigenvalue weighted by Crippen LogP contribution is -2.29. The molecule has 1 atom stereocenters. The summed E-state index contributed by atoms with van der Waals surface area (Å²) in [6, 6.07) is 12.3. The minimum absolute atomic E-state index is 0.0446. The van der Waals surface area contributed by atoms with Crippen LogP contribution in [0.25, 0.3) is 5.65 Å². The molecule has 2 aliphatic rings. The van der Waals surface area contributed by atoms with Crippen LogP contribution in [0.2, 0.25) is 0 Å². The number of pyridine rings is 1. The van der Waals surface area contributed by atoms with Crippen LogP contribution >= 0.6 is 0 Å². The van der Waals surface area contributed by atoms with Gasteiger partial charge in [0, 0.05) is 30.0 Å². The first-order valence-electron chi connectivity index (χ1n) is 10.3. The van der Waals surface area contributed by atoms with E-state index in [1.54, 1.807) is 10.6 Å². The Kier molecular flexibility index (Phi) is 4.72. The maximum absolute atomic E-state index is 12.9. The highest BCUT2D eigenvalue weighted by Gasteiger charge is 2.27. The van der Waals surface area contributed by atoms with Crippen LogP contribution in [-0.4, -0.2) is 40.6 Å². The number of benzene rings is 1. The van der Waals surface area contributed by atoms with Crippen LogP contribution in [0, 0.1) is 6.92 Å². The van der Waals surface area contributed by atoms with Crippen LogP contribution in [0.4, 0.5) is 0 Å². The molecule has 150 valence electrons. The summed E-state index contributed by atoms with van der Waals surface area (Å²) in [6.07, 6.45) is 4.78. The Balaban J connectivity index is 1.37. The molecule has 2 aliphatic heterocycles. The van der Waals surface area contributed by atoms with Crippen LogP contribution in [0.3, 0.4) is 0 Å². The molecule has 3 aromatic rings. The summed E-state index contributed by atoms with van der Waals surface area (Å²) in [5.74, 6) is 1.67. The van der Waals surface area contributed by atoms with Crippen LogP contribution < -0.4 is 15.0 Å². The molecule has 0 unspecified atom stereocenters. The molecule has 0 aliphatic carbocycles. The van der Waals surface area contributed by atoms with Gasteiger partial charge in [-0.2, -0.15) is 0 Å². The van der Waals surface area contributed by atoms with Crippen LogP contribution in [0.15, 0.2) is 47.4 Å². The van der Waals surface area contributed by atoms with E-state index in [0.29, 0.717) is 31.3 Å². The summed E-state index contributed by atoms with van der Waals surface area (Å²) in [7, 11) is 0. The third-order valence-corrected chi connectivity index (χ3v) is 6.00. The summed E-state index contributed by atoms with van der Waals surface area (Å²) in [4.78, 5) is 20.0. The van der Waals surface area contributed by atoms with Crippen molar-refractivity contribution in [3.8, 4) is 11.5 Å². The molecule has 1 saturated heterocycles. The fourth-order valence-electron chi connectivity index (χ4n) is 4.52. The van der Waals surface area contributed by atoms with Gasteiger partial charge in [-0.1, -0.05) is 12.1 Å². The SMILES string of the molecule is Cc1nc2ccccn2c(=O)c1CCN1CCC[C@@H]1c1ccc2c(c1)OCCO2. The summed E-state index contributed by atoms with van der Waals surface area (Å²) < 4.78 is 13.1. The average Bonchev–Trinajstić information content (AvgIpc) is 3.22. The van der Waals surface area contributed by atoms with Gasteiger partial charge < -0.3 is 9.47 Å². The Labute approximate surface area is 169 Å². The number of aromatic nitrogens is 2. The number of ether oxygens (including phenoxy) is 2. The van der Waals surface area contributed by atoms with Crippen molar-refractivity contribution in [2.45, 2.75) is 32.2 Å². The van der Waals surface area contributed by atoms with Crippen molar-refractivity contribution in [2.24, 2.45) is 0 Å². The van der Waals surface area contributed by atoms with E-state index in [2.05, 4.69) is 22.0 Å². The maximum atomic E-state index is 12.9. The highest BCUT2D eigenvalue weighted by molar-refractivity contribution is 5.45. The van der Waals surface area contributed by atoms with Gasteiger partial charge in [0.2, 0.25) is 0 Å². The van der Waals surface area contributed by atoms with Crippen LogP contribution in [0.1, 0.15) is 35.7 Å². The number of hydrogen-bond donors (Lipinski definition) is 0. The zero-order valence-electron chi connectivity index (χ0n) is 16.6. The van der Waals surface area contributed by atoms with Gasteiger partial charge in [0.1, 0.15) is 18.9 Å². The molecule has 1 aromatic carbocycles. The van der Waals surface area contributed by atoms with Crippen molar-refractivity contribution in [3.05, 3.63) is 69.8 Å². The van der Waals surface area contributed by atoms with Crippen molar-refractivity contribution < 1.29 is 9.47 Å². The molecule has 2 aromatic heterocycles. The zero-order chi connectivity index (χ0) is 19.8. The quantitative estimate of drug-likeness (QED) is 0.684. The third-order valence-electron chi connectivity index (χ3n) is 6.00. The summed E-state index contributed by atoms with van der Waals surface area (Å²) in [5.41, 5.74) is 3.65. The average molecular weight is 391 g/mol. The Bertz CT molecular complexity index is 1110. The first kappa shape index (κ1) is 18.2. The predicted molar refractivity (Wildman–Crippen MR) is 111 cm³/mol. The van der Waals surface area contributed by atoms with Gasteiger partial charge in [0.25, 0.3) is 5.56 Å². The molecular weight excluding hydrogens is 366 g/mol. The molecule has 5 rings (SSSR count). The van der Waals surface area contributed by atoms with Gasteiger partial charge in [-0.25, -0.2) is 4.98 Å². The Morgan fingerprint density at radius 1 is 1.14 bits per heavy atom. The van der Waals surface area contributed by atoms with E-state index in [1.165, 1.54) is 5.56 Å². The van der Waals surface area contributed by atoms with E-state index in [0.717, 1.165) is 48.7 Å². The second kappa shape index (κ2) is 7.52. The molecule has 0 N–H and O–H groups in total. The molecule has 0 radical (unpaired) electrons. The summed E-state index contributed by atoms with van der Waals surface area (Å²) in [5, 5.41) is 0. The number of aryl methyl sites for hydroxylation is 1.